The lowest BCUT2D eigenvalue weighted by Crippen LogP contribution is -2.16. The summed E-state index contributed by atoms with van der Waals surface area (Å²) in [5.41, 5.74) is 4.69. The minimum Gasteiger partial charge on any atom is -0.383 e. The van der Waals surface area contributed by atoms with Crippen LogP contribution in [0, 0.1) is 15.9 Å². The van der Waals surface area contributed by atoms with Gasteiger partial charge in [-0.25, -0.2) is 9.37 Å². The van der Waals surface area contributed by atoms with Gasteiger partial charge in [-0.05, 0) is 12.1 Å². The molecule has 0 aliphatic carbocycles. The van der Waals surface area contributed by atoms with Gasteiger partial charge in [-0.1, -0.05) is 17.7 Å². The summed E-state index contributed by atoms with van der Waals surface area (Å²) in [5, 5.41) is 12.7. The van der Waals surface area contributed by atoms with E-state index in [1.807, 2.05) is 0 Å². The molecule has 21 heavy (non-hydrogen) atoms. The highest BCUT2D eigenvalue weighted by Gasteiger charge is 2.18. The summed E-state index contributed by atoms with van der Waals surface area (Å²) in [4.78, 5) is 25.5. The van der Waals surface area contributed by atoms with Gasteiger partial charge in [0.25, 0.3) is 11.6 Å². The lowest BCUT2D eigenvalue weighted by atomic mass is 10.2. The van der Waals surface area contributed by atoms with Crippen LogP contribution in [0.2, 0.25) is 5.02 Å². The van der Waals surface area contributed by atoms with Gasteiger partial charge in [-0.3, -0.25) is 14.9 Å². The number of nitro groups is 1. The van der Waals surface area contributed by atoms with Crippen LogP contribution in [0.1, 0.15) is 10.4 Å². The van der Waals surface area contributed by atoms with Crippen LogP contribution in [-0.2, 0) is 0 Å². The molecule has 0 bridgehead atoms. The second kappa shape index (κ2) is 5.71. The summed E-state index contributed by atoms with van der Waals surface area (Å²) < 4.78 is 13.7. The number of nitrogen functional groups attached to an aromatic ring is 1. The molecule has 108 valence electrons. The quantitative estimate of drug-likeness (QED) is 0.668. The van der Waals surface area contributed by atoms with Gasteiger partial charge in [0.05, 0.1) is 21.2 Å². The number of hydrogen-bond donors (Lipinski definition) is 2. The minimum atomic E-state index is -0.829. The number of anilines is 2. The molecule has 1 amide bonds. The number of carbonyl (C=O) groups is 1. The van der Waals surface area contributed by atoms with Crippen molar-refractivity contribution in [2.75, 3.05) is 11.1 Å². The molecule has 2 rings (SSSR count). The predicted octanol–water partition coefficient (Wildman–Crippen LogP) is 2.62. The summed E-state index contributed by atoms with van der Waals surface area (Å²) in [5.74, 6) is -1.85. The number of nitrogens with zero attached hydrogens (tertiary/aromatic N) is 2. The third kappa shape index (κ3) is 3.06. The predicted molar refractivity (Wildman–Crippen MR) is 74.7 cm³/mol. The maximum absolute atomic E-state index is 13.7. The molecule has 1 heterocycles. The lowest BCUT2D eigenvalue weighted by molar-refractivity contribution is -0.385. The molecule has 1 aromatic heterocycles. The number of carbonyl (C=O) groups excluding carboxylic acids is 1. The summed E-state index contributed by atoms with van der Waals surface area (Å²) in [7, 11) is 0. The molecule has 7 nitrogen and oxygen atoms in total. The van der Waals surface area contributed by atoms with Crippen LogP contribution in [0.4, 0.5) is 21.6 Å². The zero-order valence-corrected chi connectivity index (χ0v) is 11.1. The highest BCUT2D eigenvalue weighted by molar-refractivity contribution is 6.31. The number of rotatable bonds is 3. The zero-order chi connectivity index (χ0) is 15.6. The second-order valence-corrected chi connectivity index (χ2v) is 4.35. The Morgan fingerprint density at radius 3 is 2.86 bits per heavy atom. The van der Waals surface area contributed by atoms with Gasteiger partial charge >= 0.3 is 0 Å². The van der Waals surface area contributed by atoms with Crippen molar-refractivity contribution in [2.45, 2.75) is 0 Å². The largest absolute Gasteiger partial charge is 0.383 e. The standard InChI is InChI=1S/C12H8ClFN4O3/c13-8-2-1-3-9(10(8)14)17-12(19)7-4-6(18(20)21)5-16-11(7)15/h1-5H,(H2,15,16)(H,17,19). The second-order valence-electron chi connectivity index (χ2n) is 3.94. The van der Waals surface area contributed by atoms with E-state index in [-0.39, 0.29) is 22.1 Å². The monoisotopic (exact) mass is 310 g/mol. The Morgan fingerprint density at radius 2 is 2.19 bits per heavy atom. The molecule has 2 aromatic rings. The van der Waals surface area contributed by atoms with E-state index in [0.29, 0.717) is 0 Å². The van der Waals surface area contributed by atoms with Gasteiger partial charge in [0, 0.05) is 6.07 Å². The first-order valence-electron chi connectivity index (χ1n) is 5.55. The smallest absolute Gasteiger partial charge is 0.288 e. The Labute approximate surface area is 122 Å². The first kappa shape index (κ1) is 14.7. The molecule has 1 aromatic carbocycles. The Balaban J connectivity index is 2.34. The number of benzene rings is 1. The van der Waals surface area contributed by atoms with Gasteiger partial charge < -0.3 is 11.1 Å². The van der Waals surface area contributed by atoms with E-state index in [1.165, 1.54) is 18.2 Å². The summed E-state index contributed by atoms with van der Waals surface area (Å²) in [6.45, 7) is 0. The SMILES string of the molecule is Nc1ncc([N+](=O)[O-])cc1C(=O)Nc1cccc(Cl)c1F. The van der Waals surface area contributed by atoms with Crippen LogP contribution < -0.4 is 11.1 Å². The minimum absolute atomic E-state index is 0.168. The number of pyridine rings is 1. The third-order valence-corrected chi connectivity index (χ3v) is 2.85. The van der Waals surface area contributed by atoms with Crippen molar-refractivity contribution < 1.29 is 14.1 Å². The first-order chi connectivity index (χ1) is 9.90. The number of nitrogens with one attached hydrogen (secondary N) is 1. The zero-order valence-electron chi connectivity index (χ0n) is 10.3. The molecule has 0 saturated carbocycles. The molecule has 0 atom stereocenters. The molecule has 0 aliphatic heterocycles. The van der Waals surface area contributed by atoms with E-state index in [0.717, 1.165) is 12.3 Å². The Hall–Kier alpha value is -2.74. The van der Waals surface area contributed by atoms with E-state index in [4.69, 9.17) is 17.3 Å². The molecule has 0 radical (unpaired) electrons. The van der Waals surface area contributed by atoms with Crippen LogP contribution in [0.25, 0.3) is 0 Å². The van der Waals surface area contributed by atoms with Crippen molar-refractivity contribution in [1.29, 1.82) is 0 Å². The Morgan fingerprint density at radius 1 is 1.48 bits per heavy atom. The summed E-state index contributed by atoms with van der Waals surface area (Å²) in [6.07, 6.45) is 0.923. The van der Waals surface area contributed by atoms with Crippen molar-refractivity contribution in [3.05, 3.63) is 57.0 Å². The van der Waals surface area contributed by atoms with Gasteiger partial charge in [-0.2, -0.15) is 0 Å². The maximum atomic E-state index is 13.7. The fourth-order valence-electron chi connectivity index (χ4n) is 1.54. The normalized spacial score (nSPS) is 10.2. The number of hydrogen-bond acceptors (Lipinski definition) is 5. The van der Waals surface area contributed by atoms with Crippen molar-refractivity contribution in [3.63, 3.8) is 0 Å². The van der Waals surface area contributed by atoms with Gasteiger partial charge in [0.2, 0.25) is 0 Å². The first-order valence-corrected chi connectivity index (χ1v) is 5.93. The highest BCUT2D eigenvalue weighted by atomic mass is 35.5. The number of nitrogens with two attached hydrogens (primary N) is 1. The van der Waals surface area contributed by atoms with Crippen molar-refractivity contribution >= 4 is 34.7 Å². The van der Waals surface area contributed by atoms with Crippen LogP contribution in [0.15, 0.2) is 30.5 Å². The van der Waals surface area contributed by atoms with Crippen molar-refractivity contribution in [2.24, 2.45) is 0 Å². The third-order valence-electron chi connectivity index (χ3n) is 2.56. The molecule has 0 fully saturated rings. The Bertz CT molecular complexity index is 738. The molecule has 0 spiro atoms. The number of halogens is 2. The van der Waals surface area contributed by atoms with Gasteiger partial charge in [0.15, 0.2) is 5.82 Å². The number of amides is 1. The average Bonchev–Trinajstić information content (AvgIpc) is 2.44. The lowest BCUT2D eigenvalue weighted by Gasteiger charge is -2.08. The fourth-order valence-corrected chi connectivity index (χ4v) is 1.71. The molecule has 0 saturated heterocycles. The van der Waals surface area contributed by atoms with Crippen LogP contribution in [0.3, 0.4) is 0 Å². The van der Waals surface area contributed by atoms with E-state index in [9.17, 15) is 19.3 Å². The van der Waals surface area contributed by atoms with E-state index in [2.05, 4.69) is 10.3 Å². The van der Waals surface area contributed by atoms with Crippen LogP contribution in [0.5, 0.6) is 0 Å². The Kier molecular flexibility index (Phi) is 3.99. The molecule has 9 heteroatoms. The molecule has 3 N–H and O–H groups in total. The molecular formula is C12H8ClFN4O3. The topological polar surface area (TPSA) is 111 Å². The van der Waals surface area contributed by atoms with E-state index < -0.39 is 22.3 Å². The van der Waals surface area contributed by atoms with Crippen molar-refractivity contribution in [3.8, 4) is 0 Å². The van der Waals surface area contributed by atoms with Gasteiger partial charge in [0.1, 0.15) is 12.0 Å². The van der Waals surface area contributed by atoms with E-state index >= 15 is 0 Å². The fraction of sp³-hybridized carbons (Fsp3) is 0. The molecule has 0 unspecified atom stereocenters. The highest BCUT2D eigenvalue weighted by Crippen LogP contribution is 2.24. The summed E-state index contributed by atoms with van der Waals surface area (Å²) >= 11 is 5.59. The van der Waals surface area contributed by atoms with Gasteiger partial charge in [-0.15, -0.1) is 0 Å². The maximum Gasteiger partial charge on any atom is 0.288 e. The average molecular weight is 311 g/mol. The number of aromatic nitrogens is 1. The van der Waals surface area contributed by atoms with Crippen LogP contribution >= 0.6 is 11.6 Å². The summed E-state index contributed by atoms with van der Waals surface area (Å²) in [6, 6.07) is 5.01. The van der Waals surface area contributed by atoms with Crippen LogP contribution in [-0.4, -0.2) is 15.8 Å². The van der Waals surface area contributed by atoms with Crippen molar-refractivity contribution in [1.82, 2.24) is 4.98 Å². The molecule has 0 aliphatic rings. The van der Waals surface area contributed by atoms with E-state index in [1.54, 1.807) is 0 Å². The molecular weight excluding hydrogens is 303 g/mol.